The van der Waals surface area contributed by atoms with E-state index in [9.17, 15) is 0 Å². The molecule has 0 saturated heterocycles. The highest BCUT2D eigenvalue weighted by atomic mass is 14.5. The fourth-order valence-electron chi connectivity index (χ4n) is 6.42. The molecule has 3 rings (SSSR count). The first kappa shape index (κ1) is 17.3. The lowest BCUT2D eigenvalue weighted by atomic mass is 9.57. The molecule has 0 heterocycles. The Hall–Kier alpha value is -0.520. The van der Waals surface area contributed by atoms with Crippen LogP contribution in [0.3, 0.4) is 0 Å². The quantitative estimate of drug-likeness (QED) is 0.477. The maximum absolute atomic E-state index is 4.65. The lowest BCUT2D eigenvalue weighted by Crippen LogP contribution is -2.38. The van der Waals surface area contributed by atoms with Crippen molar-refractivity contribution in [2.45, 2.75) is 91.4 Å². The second-order valence-corrected chi connectivity index (χ2v) is 9.35. The molecule has 3 fully saturated rings. The molecule has 0 radical (unpaired) electrons. The summed E-state index contributed by atoms with van der Waals surface area (Å²) in [7, 11) is 0. The summed E-state index contributed by atoms with van der Waals surface area (Å²) in [5.74, 6) is 2.43. The predicted molar refractivity (Wildman–Crippen MR) is 101 cm³/mol. The van der Waals surface area contributed by atoms with Crippen molar-refractivity contribution in [2.24, 2.45) is 28.6 Å². The Morgan fingerprint density at radius 2 is 1.91 bits per heavy atom. The predicted octanol–water partition coefficient (Wildman–Crippen LogP) is 7.31. The Kier molecular flexibility index (Phi) is 4.83. The summed E-state index contributed by atoms with van der Waals surface area (Å²) >= 11 is 0. The third-order valence-electron chi connectivity index (χ3n) is 8.58. The molecule has 23 heavy (non-hydrogen) atoms. The van der Waals surface area contributed by atoms with Gasteiger partial charge in [-0.05, 0) is 73.5 Å². The van der Waals surface area contributed by atoms with Gasteiger partial charge in [-0.15, -0.1) is 0 Å². The molecule has 0 aromatic carbocycles. The zero-order valence-electron chi connectivity index (χ0n) is 15.9. The van der Waals surface area contributed by atoms with Crippen molar-refractivity contribution in [1.29, 1.82) is 0 Å². The summed E-state index contributed by atoms with van der Waals surface area (Å²) in [6.07, 6.45) is 15.2. The molecule has 0 nitrogen and oxygen atoms in total. The van der Waals surface area contributed by atoms with Gasteiger partial charge in [-0.1, -0.05) is 70.8 Å². The molecule has 0 aromatic rings. The zero-order chi connectivity index (χ0) is 16.7. The number of fused-ring (bicyclic) bond motifs is 1. The second kappa shape index (κ2) is 6.41. The van der Waals surface area contributed by atoms with Crippen LogP contribution in [0.4, 0.5) is 0 Å². The number of rotatable bonds is 4. The van der Waals surface area contributed by atoms with Crippen molar-refractivity contribution in [3.8, 4) is 0 Å². The Morgan fingerprint density at radius 1 is 1.13 bits per heavy atom. The van der Waals surface area contributed by atoms with Gasteiger partial charge >= 0.3 is 0 Å². The molecule has 0 heteroatoms. The van der Waals surface area contributed by atoms with E-state index in [1.807, 2.05) is 0 Å². The molecule has 3 saturated carbocycles. The molecular formula is C23H38. The fourth-order valence-corrected chi connectivity index (χ4v) is 6.42. The summed E-state index contributed by atoms with van der Waals surface area (Å²) in [4.78, 5) is 0. The van der Waals surface area contributed by atoms with E-state index in [4.69, 9.17) is 0 Å². The Bertz CT molecular complexity index is 472. The van der Waals surface area contributed by atoms with Crippen LogP contribution in [0, 0.1) is 28.6 Å². The van der Waals surface area contributed by atoms with Gasteiger partial charge in [-0.3, -0.25) is 0 Å². The summed E-state index contributed by atoms with van der Waals surface area (Å²) < 4.78 is 0. The Labute approximate surface area is 144 Å². The van der Waals surface area contributed by atoms with Gasteiger partial charge in [0.05, 0.1) is 0 Å². The molecule has 5 atom stereocenters. The molecular weight excluding hydrogens is 276 g/mol. The molecule has 130 valence electrons. The minimum atomic E-state index is 0.378. The van der Waals surface area contributed by atoms with Crippen molar-refractivity contribution in [3.63, 3.8) is 0 Å². The SMILES string of the molecule is C=C1CCC2(CC)CCCC2C1CC(=C)C1(C)CCCCC1C. The van der Waals surface area contributed by atoms with Gasteiger partial charge < -0.3 is 0 Å². The van der Waals surface area contributed by atoms with Crippen molar-refractivity contribution in [3.05, 3.63) is 24.3 Å². The minimum absolute atomic E-state index is 0.378. The third kappa shape index (κ3) is 2.85. The molecule has 5 unspecified atom stereocenters. The summed E-state index contributed by atoms with van der Waals surface area (Å²) in [5, 5.41) is 0. The highest BCUT2D eigenvalue weighted by molar-refractivity contribution is 5.21. The van der Waals surface area contributed by atoms with E-state index in [0.29, 0.717) is 10.8 Å². The molecule has 0 aliphatic heterocycles. The average molecular weight is 315 g/mol. The molecule has 0 bridgehead atoms. The maximum atomic E-state index is 4.65. The van der Waals surface area contributed by atoms with Gasteiger partial charge in [0.1, 0.15) is 0 Å². The third-order valence-corrected chi connectivity index (χ3v) is 8.58. The van der Waals surface area contributed by atoms with E-state index < -0.39 is 0 Å². The van der Waals surface area contributed by atoms with E-state index in [0.717, 1.165) is 17.8 Å². The van der Waals surface area contributed by atoms with Crippen LogP contribution in [0.25, 0.3) is 0 Å². The van der Waals surface area contributed by atoms with Gasteiger partial charge in [-0.2, -0.15) is 0 Å². The second-order valence-electron chi connectivity index (χ2n) is 9.35. The van der Waals surface area contributed by atoms with Crippen LogP contribution in [0.2, 0.25) is 0 Å². The van der Waals surface area contributed by atoms with Crippen molar-refractivity contribution in [1.82, 2.24) is 0 Å². The zero-order valence-corrected chi connectivity index (χ0v) is 15.9. The normalized spacial score (nSPS) is 44.1. The van der Waals surface area contributed by atoms with Gasteiger partial charge in [0, 0.05) is 0 Å². The lowest BCUT2D eigenvalue weighted by Gasteiger charge is -2.48. The van der Waals surface area contributed by atoms with Gasteiger partial charge in [0.2, 0.25) is 0 Å². The van der Waals surface area contributed by atoms with Crippen LogP contribution in [-0.2, 0) is 0 Å². The van der Waals surface area contributed by atoms with E-state index in [1.165, 1.54) is 70.6 Å². The van der Waals surface area contributed by atoms with E-state index in [1.54, 1.807) is 11.1 Å². The molecule has 0 N–H and O–H groups in total. The number of hydrogen-bond acceptors (Lipinski definition) is 0. The number of allylic oxidation sites excluding steroid dienone is 2. The summed E-state index contributed by atoms with van der Waals surface area (Å²) in [5.41, 5.74) is 4.12. The Morgan fingerprint density at radius 3 is 2.61 bits per heavy atom. The van der Waals surface area contributed by atoms with E-state index >= 15 is 0 Å². The highest BCUT2D eigenvalue weighted by Crippen LogP contribution is 2.60. The lowest BCUT2D eigenvalue weighted by molar-refractivity contribution is 0.0923. The van der Waals surface area contributed by atoms with Crippen LogP contribution in [0.5, 0.6) is 0 Å². The average Bonchev–Trinajstić information content (AvgIpc) is 2.98. The van der Waals surface area contributed by atoms with Crippen LogP contribution in [0.15, 0.2) is 24.3 Å². The smallest absolute Gasteiger partial charge is 0.00932 e. The molecule has 3 aliphatic carbocycles. The van der Waals surface area contributed by atoms with E-state index in [2.05, 4.69) is 33.9 Å². The molecule has 3 aliphatic rings. The number of hydrogen-bond donors (Lipinski definition) is 0. The van der Waals surface area contributed by atoms with Crippen LogP contribution >= 0.6 is 0 Å². The minimum Gasteiger partial charge on any atom is -0.0996 e. The Balaban J connectivity index is 1.77. The molecule has 0 spiro atoms. The van der Waals surface area contributed by atoms with Crippen LogP contribution < -0.4 is 0 Å². The van der Waals surface area contributed by atoms with Crippen LogP contribution in [0.1, 0.15) is 91.4 Å². The highest BCUT2D eigenvalue weighted by Gasteiger charge is 2.49. The summed E-state index contributed by atoms with van der Waals surface area (Å²) in [6, 6.07) is 0. The molecule has 0 aromatic heterocycles. The first-order valence-corrected chi connectivity index (χ1v) is 10.3. The van der Waals surface area contributed by atoms with Crippen molar-refractivity contribution >= 4 is 0 Å². The largest absolute Gasteiger partial charge is 0.0996 e. The van der Waals surface area contributed by atoms with Gasteiger partial charge in [0.15, 0.2) is 0 Å². The molecule has 0 amide bonds. The van der Waals surface area contributed by atoms with Crippen molar-refractivity contribution in [2.75, 3.05) is 0 Å². The van der Waals surface area contributed by atoms with Crippen LogP contribution in [-0.4, -0.2) is 0 Å². The standard InChI is InChI=1S/C23H38/c1-6-23-14-9-11-21(23)20(17(2)12-15-23)16-19(4)22(5)13-8-7-10-18(22)3/h18,20-21H,2,4,6-16H2,1,3,5H3. The van der Waals surface area contributed by atoms with Crippen molar-refractivity contribution < 1.29 is 0 Å². The fraction of sp³-hybridized carbons (Fsp3) is 0.826. The van der Waals surface area contributed by atoms with Gasteiger partial charge in [-0.25, -0.2) is 0 Å². The van der Waals surface area contributed by atoms with Gasteiger partial charge in [0.25, 0.3) is 0 Å². The monoisotopic (exact) mass is 314 g/mol. The first-order valence-electron chi connectivity index (χ1n) is 10.3. The van der Waals surface area contributed by atoms with E-state index in [-0.39, 0.29) is 0 Å². The topological polar surface area (TPSA) is 0 Å². The first-order chi connectivity index (χ1) is 10.9. The maximum Gasteiger partial charge on any atom is -0.00932 e. The summed E-state index contributed by atoms with van der Waals surface area (Å²) in [6.45, 7) is 16.6.